The van der Waals surface area contributed by atoms with Gasteiger partial charge in [0, 0.05) is 19.6 Å². The van der Waals surface area contributed by atoms with Crippen molar-refractivity contribution in [1.82, 2.24) is 20.4 Å². The lowest BCUT2D eigenvalue weighted by molar-refractivity contribution is 0.0374. The quantitative estimate of drug-likeness (QED) is 0.528. The Morgan fingerprint density at radius 2 is 2.00 bits per heavy atom. The van der Waals surface area contributed by atoms with Gasteiger partial charge < -0.3 is 14.8 Å². The first kappa shape index (κ1) is 22.0. The number of H-pyrrole nitrogens is 1. The van der Waals surface area contributed by atoms with Gasteiger partial charge in [-0.15, -0.1) is 0 Å². The van der Waals surface area contributed by atoms with E-state index >= 15 is 0 Å². The summed E-state index contributed by atoms with van der Waals surface area (Å²) in [5.41, 5.74) is 2.72. The molecule has 1 saturated heterocycles. The molecule has 168 valence electrons. The van der Waals surface area contributed by atoms with Crippen LogP contribution in [0, 0.1) is 5.82 Å². The first-order valence-electron chi connectivity index (χ1n) is 10.7. The van der Waals surface area contributed by atoms with Crippen LogP contribution in [0.3, 0.4) is 0 Å². The van der Waals surface area contributed by atoms with E-state index in [0.717, 1.165) is 55.7 Å². The summed E-state index contributed by atoms with van der Waals surface area (Å²) in [5.74, 6) is 0.00992. The fourth-order valence-corrected chi connectivity index (χ4v) is 3.79. The highest BCUT2D eigenvalue weighted by Crippen LogP contribution is 2.32. The second kappa shape index (κ2) is 10.4. The summed E-state index contributed by atoms with van der Waals surface area (Å²) < 4.78 is 24.1. The minimum absolute atomic E-state index is 0.180. The van der Waals surface area contributed by atoms with Crippen LogP contribution in [0.15, 0.2) is 36.4 Å². The molecule has 1 amide bonds. The number of methoxy groups -OCH3 is 1. The molecule has 1 aliphatic rings. The van der Waals surface area contributed by atoms with Crippen molar-refractivity contribution >= 4 is 29.0 Å². The van der Waals surface area contributed by atoms with E-state index in [1.807, 2.05) is 18.2 Å². The number of fused-ring (bicyclic) bond motifs is 1. The average Bonchev–Trinajstić information content (AvgIpc) is 3.24. The van der Waals surface area contributed by atoms with Crippen molar-refractivity contribution < 1.29 is 18.7 Å². The minimum Gasteiger partial charge on any atom is -0.495 e. The van der Waals surface area contributed by atoms with Gasteiger partial charge in [0.15, 0.2) is 0 Å². The van der Waals surface area contributed by atoms with Crippen LogP contribution in [0.1, 0.15) is 28.0 Å². The number of carbonyl (C=O) groups is 1. The molecule has 0 bridgehead atoms. The zero-order valence-electron chi connectivity index (χ0n) is 18.1. The van der Waals surface area contributed by atoms with Gasteiger partial charge in [-0.05, 0) is 48.9 Å². The Hall–Kier alpha value is -3.23. The van der Waals surface area contributed by atoms with Gasteiger partial charge in [-0.1, -0.05) is 18.2 Å². The molecule has 1 fully saturated rings. The highest BCUT2D eigenvalue weighted by atomic mass is 19.1. The van der Waals surface area contributed by atoms with Gasteiger partial charge in [-0.25, -0.2) is 4.39 Å². The van der Waals surface area contributed by atoms with E-state index in [-0.39, 0.29) is 11.7 Å². The van der Waals surface area contributed by atoms with Crippen LogP contribution >= 0.6 is 0 Å². The SMILES string of the molecule is COc1c(C(=O)NCCCN2CCOCC2)ccc2[nH]nc(C=Cc3ccc(F)cc3)c12. The Morgan fingerprint density at radius 3 is 2.75 bits per heavy atom. The predicted octanol–water partition coefficient (Wildman–Crippen LogP) is 3.33. The molecule has 2 N–H and O–H groups in total. The number of nitrogens with one attached hydrogen (secondary N) is 2. The van der Waals surface area contributed by atoms with Crippen LogP contribution in [-0.2, 0) is 4.74 Å². The molecule has 32 heavy (non-hydrogen) atoms. The van der Waals surface area contributed by atoms with Gasteiger partial charge in [0.1, 0.15) is 11.6 Å². The molecule has 2 aromatic carbocycles. The van der Waals surface area contributed by atoms with Crippen LogP contribution in [0.5, 0.6) is 5.75 Å². The number of ether oxygens (including phenoxy) is 2. The highest BCUT2D eigenvalue weighted by molar-refractivity contribution is 6.05. The van der Waals surface area contributed by atoms with Crippen molar-refractivity contribution in [3.63, 3.8) is 0 Å². The van der Waals surface area contributed by atoms with E-state index in [1.54, 1.807) is 25.3 Å². The molecule has 8 heteroatoms. The number of hydrogen-bond acceptors (Lipinski definition) is 5. The second-order valence-electron chi connectivity index (χ2n) is 7.63. The molecule has 4 rings (SSSR count). The second-order valence-corrected chi connectivity index (χ2v) is 7.63. The minimum atomic E-state index is -0.283. The van der Waals surface area contributed by atoms with Crippen molar-refractivity contribution in [2.45, 2.75) is 6.42 Å². The molecule has 0 atom stereocenters. The molecule has 0 spiro atoms. The van der Waals surface area contributed by atoms with Gasteiger partial charge in [0.2, 0.25) is 0 Å². The van der Waals surface area contributed by atoms with Gasteiger partial charge >= 0.3 is 0 Å². The number of nitrogens with zero attached hydrogens (tertiary/aromatic N) is 2. The number of carbonyl (C=O) groups excluding carboxylic acids is 1. The lowest BCUT2D eigenvalue weighted by Gasteiger charge is -2.26. The summed E-state index contributed by atoms with van der Waals surface area (Å²) in [6.45, 7) is 4.93. The zero-order chi connectivity index (χ0) is 22.3. The lowest BCUT2D eigenvalue weighted by atomic mass is 10.1. The summed E-state index contributed by atoms with van der Waals surface area (Å²) >= 11 is 0. The Kier molecular flexibility index (Phi) is 7.14. The maximum absolute atomic E-state index is 13.1. The van der Waals surface area contributed by atoms with Gasteiger partial charge in [-0.3, -0.25) is 14.8 Å². The fourth-order valence-electron chi connectivity index (χ4n) is 3.79. The van der Waals surface area contributed by atoms with Crippen LogP contribution in [0.4, 0.5) is 4.39 Å². The topological polar surface area (TPSA) is 79.5 Å². The number of amides is 1. The number of benzene rings is 2. The van der Waals surface area contributed by atoms with E-state index in [9.17, 15) is 9.18 Å². The molecular weight excluding hydrogens is 411 g/mol. The number of morpholine rings is 1. The Labute approximate surface area is 186 Å². The summed E-state index contributed by atoms with van der Waals surface area (Å²) in [4.78, 5) is 15.2. The van der Waals surface area contributed by atoms with Crippen LogP contribution in [0.2, 0.25) is 0 Å². The standard InChI is InChI=1S/C24H27FN4O3/c1-31-23-19(24(30)26-11-2-12-29-13-15-32-16-14-29)8-10-21-22(23)20(27-28-21)9-5-17-3-6-18(25)7-4-17/h3-10H,2,11-16H2,1H3,(H,26,30)(H,27,28). The number of rotatable bonds is 8. The molecular formula is C24H27FN4O3. The Bertz CT molecular complexity index is 1090. The first-order valence-corrected chi connectivity index (χ1v) is 10.7. The fraction of sp³-hybridized carbons (Fsp3) is 0.333. The van der Waals surface area contributed by atoms with E-state index in [2.05, 4.69) is 20.4 Å². The maximum atomic E-state index is 13.1. The summed E-state index contributed by atoms with van der Waals surface area (Å²) in [6.07, 6.45) is 4.53. The van der Waals surface area contributed by atoms with Crippen molar-refractivity contribution in [2.75, 3.05) is 46.5 Å². The lowest BCUT2D eigenvalue weighted by Crippen LogP contribution is -2.38. The third-order valence-corrected chi connectivity index (χ3v) is 5.50. The molecule has 3 aromatic rings. The van der Waals surface area contributed by atoms with Crippen molar-refractivity contribution in [3.05, 3.63) is 59.0 Å². The number of halogens is 1. The van der Waals surface area contributed by atoms with Crippen LogP contribution in [-0.4, -0.2) is 67.5 Å². The first-order chi connectivity index (χ1) is 15.7. The van der Waals surface area contributed by atoms with E-state index in [4.69, 9.17) is 9.47 Å². The van der Waals surface area contributed by atoms with Crippen molar-refractivity contribution in [1.29, 1.82) is 0 Å². The normalized spacial score (nSPS) is 14.8. The van der Waals surface area contributed by atoms with Gasteiger partial charge in [-0.2, -0.15) is 5.10 Å². The predicted molar refractivity (Wildman–Crippen MR) is 122 cm³/mol. The van der Waals surface area contributed by atoms with Crippen molar-refractivity contribution in [3.8, 4) is 5.75 Å². The summed E-state index contributed by atoms with van der Waals surface area (Å²) in [5, 5.41) is 11.0. The third kappa shape index (κ3) is 5.15. The molecule has 1 aromatic heterocycles. The Balaban J connectivity index is 1.47. The summed E-state index contributed by atoms with van der Waals surface area (Å²) in [6, 6.07) is 9.75. The van der Waals surface area contributed by atoms with Gasteiger partial charge in [0.05, 0.1) is 42.5 Å². The largest absolute Gasteiger partial charge is 0.495 e. The van der Waals surface area contributed by atoms with Crippen molar-refractivity contribution in [2.24, 2.45) is 0 Å². The highest BCUT2D eigenvalue weighted by Gasteiger charge is 2.19. The molecule has 0 saturated carbocycles. The van der Waals surface area contributed by atoms with E-state index < -0.39 is 0 Å². The smallest absolute Gasteiger partial charge is 0.255 e. The molecule has 2 heterocycles. The molecule has 7 nitrogen and oxygen atoms in total. The molecule has 1 aliphatic heterocycles. The molecule has 0 aliphatic carbocycles. The average molecular weight is 439 g/mol. The third-order valence-electron chi connectivity index (χ3n) is 5.50. The van der Waals surface area contributed by atoms with Crippen LogP contribution < -0.4 is 10.1 Å². The number of hydrogen-bond donors (Lipinski definition) is 2. The summed E-state index contributed by atoms with van der Waals surface area (Å²) in [7, 11) is 1.55. The molecule has 0 radical (unpaired) electrons. The maximum Gasteiger partial charge on any atom is 0.255 e. The monoisotopic (exact) mass is 438 g/mol. The van der Waals surface area contributed by atoms with E-state index in [1.165, 1.54) is 12.1 Å². The molecule has 0 unspecified atom stereocenters. The van der Waals surface area contributed by atoms with Crippen LogP contribution in [0.25, 0.3) is 23.1 Å². The number of aromatic nitrogens is 2. The Morgan fingerprint density at radius 1 is 1.22 bits per heavy atom. The number of aromatic amines is 1. The van der Waals surface area contributed by atoms with Gasteiger partial charge in [0.25, 0.3) is 5.91 Å². The zero-order valence-corrected chi connectivity index (χ0v) is 18.1. The van der Waals surface area contributed by atoms with E-state index in [0.29, 0.717) is 23.6 Å².